The molecule has 0 heterocycles. The van der Waals surface area contributed by atoms with Crippen LogP contribution in [0.3, 0.4) is 0 Å². The second-order valence-electron chi connectivity index (χ2n) is 2.41. The van der Waals surface area contributed by atoms with Crippen LogP contribution in [0.1, 0.15) is 5.56 Å². The molecular formula is C8H9I2NO2. The number of nitrogens with two attached hydrogens (primary N) is 1. The van der Waals surface area contributed by atoms with Crippen molar-refractivity contribution in [2.75, 3.05) is 0 Å². The van der Waals surface area contributed by atoms with Crippen molar-refractivity contribution in [3.63, 3.8) is 0 Å². The van der Waals surface area contributed by atoms with E-state index in [2.05, 4.69) is 22.6 Å². The van der Waals surface area contributed by atoms with Crippen molar-refractivity contribution in [2.45, 2.75) is 4.43 Å². The quantitative estimate of drug-likeness (QED) is 0.352. The zero-order chi connectivity index (χ0) is 9.84. The molecule has 0 fully saturated rings. The van der Waals surface area contributed by atoms with Gasteiger partial charge in [-0.1, -0.05) is 0 Å². The van der Waals surface area contributed by atoms with Crippen molar-refractivity contribution >= 4 is 46.7 Å². The summed E-state index contributed by atoms with van der Waals surface area (Å²) >= 11 is -0.0610. The van der Waals surface area contributed by atoms with Crippen molar-refractivity contribution in [3.8, 4) is 0 Å². The Morgan fingerprint density at radius 1 is 1.46 bits per heavy atom. The fourth-order valence-corrected chi connectivity index (χ4v) is 2.94. The second-order valence-corrected chi connectivity index (χ2v) is 7.61. The standard InChI is InChI=1S/C8H9I2NO2/c9-7-3-1-6(2-4-7)5-10(11)8(12)13/h1-4H,5,11H2,(H,12,13). The zero-order valence-electron chi connectivity index (χ0n) is 6.71. The molecule has 3 N–H and O–H groups in total. The third kappa shape index (κ3) is 3.77. The number of alkyl halides is 1. The molecular weight excluding hydrogens is 396 g/mol. The van der Waals surface area contributed by atoms with Crippen molar-refractivity contribution < 1.29 is 9.90 Å². The van der Waals surface area contributed by atoms with Crippen LogP contribution < -0.4 is 3.95 Å². The molecule has 0 bridgehead atoms. The third-order valence-corrected chi connectivity index (χ3v) is 5.03. The Hall–Kier alpha value is 0.110. The molecule has 1 rings (SSSR count). The molecule has 72 valence electrons. The molecule has 0 aliphatic rings. The van der Waals surface area contributed by atoms with E-state index in [0.717, 1.165) is 9.13 Å². The van der Waals surface area contributed by atoms with Gasteiger partial charge in [0, 0.05) is 0 Å². The molecule has 0 radical (unpaired) electrons. The molecule has 3 nitrogen and oxygen atoms in total. The van der Waals surface area contributed by atoms with Crippen LogP contribution in [0.4, 0.5) is 4.79 Å². The Bertz CT molecular complexity index is 300. The summed E-state index contributed by atoms with van der Waals surface area (Å²) in [6.07, 6.45) is 0. The van der Waals surface area contributed by atoms with E-state index in [1.54, 1.807) is 0 Å². The molecule has 0 saturated heterocycles. The molecule has 1 aromatic rings. The van der Waals surface area contributed by atoms with E-state index in [1.807, 2.05) is 24.3 Å². The summed E-state index contributed by atoms with van der Waals surface area (Å²) in [5, 5.41) is 8.64. The molecule has 0 unspecified atom stereocenters. The minimum atomic E-state index is -2.27. The number of halogens is 2. The van der Waals surface area contributed by atoms with Crippen LogP contribution in [0, 0.1) is 3.57 Å². The van der Waals surface area contributed by atoms with Crippen LogP contribution in [0.2, 0.25) is 0 Å². The topological polar surface area (TPSA) is 63.3 Å². The first-order chi connectivity index (χ1) is 6.09. The van der Waals surface area contributed by atoms with Crippen molar-refractivity contribution in [2.24, 2.45) is 3.95 Å². The van der Waals surface area contributed by atoms with Gasteiger partial charge in [0.15, 0.2) is 0 Å². The van der Waals surface area contributed by atoms with Gasteiger partial charge >= 0.3 is 98.3 Å². The van der Waals surface area contributed by atoms with Gasteiger partial charge in [-0.3, -0.25) is 0 Å². The Labute approximate surface area is 97.6 Å². The summed E-state index contributed by atoms with van der Waals surface area (Å²) in [6, 6.07) is 7.79. The normalized spacial score (nSPS) is 11.1. The van der Waals surface area contributed by atoms with E-state index in [0.29, 0.717) is 4.43 Å². The maximum atomic E-state index is 10.5. The van der Waals surface area contributed by atoms with Gasteiger partial charge in [0.1, 0.15) is 0 Å². The predicted molar refractivity (Wildman–Crippen MR) is 69.1 cm³/mol. The molecule has 5 heteroatoms. The van der Waals surface area contributed by atoms with Crippen LogP contribution in [0.25, 0.3) is 0 Å². The Morgan fingerprint density at radius 2 is 2.00 bits per heavy atom. The van der Waals surface area contributed by atoms with Crippen molar-refractivity contribution in [3.05, 3.63) is 33.4 Å². The summed E-state index contributed by atoms with van der Waals surface area (Å²) in [5.74, 6) is 0. The number of carboxylic acid groups (broad SMARTS) is 1. The number of benzene rings is 1. The van der Waals surface area contributed by atoms with E-state index in [-0.39, 0.29) is 0 Å². The molecule has 0 aliphatic heterocycles. The molecule has 0 aromatic heterocycles. The van der Waals surface area contributed by atoms with E-state index < -0.39 is 24.1 Å². The first-order valence-electron chi connectivity index (χ1n) is 3.47. The average molecular weight is 405 g/mol. The van der Waals surface area contributed by atoms with Crippen LogP contribution in [-0.2, 0) is 4.43 Å². The number of rotatable bonds is 3. The molecule has 0 spiro atoms. The Balaban J connectivity index is 2.64. The number of carbonyl (C=O) groups is 1. The predicted octanol–water partition coefficient (Wildman–Crippen LogP) is 2.85. The SMILES string of the molecule is NI(Cc1ccc(I)cc1)C(=O)O. The first-order valence-corrected chi connectivity index (χ1v) is 8.39. The molecule has 0 atom stereocenters. The van der Waals surface area contributed by atoms with Gasteiger partial charge in [-0.15, -0.1) is 0 Å². The fourth-order valence-electron chi connectivity index (χ4n) is 0.797. The molecule has 0 amide bonds. The minimum absolute atomic E-state index is 0.538. The van der Waals surface area contributed by atoms with Crippen LogP contribution in [0.15, 0.2) is 24.3 Å². The molecule has 1 aromatic carbocycles. The van der Waals surface area contributed by atoms with Gasteiger partial charge in [-0.2, -0.15) is 0 Å². The van der Waals surface area contributed by atoms with Gasteiger partial charge in [-0.25, -0.2) is 0 Å². The maximum absolute atomic E-state index is 10.5. The van der Waals surface area contributed by atoms with Crippen molar-refractivity contribution in [1.82, 2.24) is 0 Å². The van der Waals surface area contributed by atoms with Gasteiger partial charge < -0.3 is 0 Å². The molecule has 0 saturated carbocycles. The summed E-state index contributed by atoms with van der Waals surface area (Å²) in [4.78, 5) is 10.5. The van der Waals surface area contributed by atoms with E-state index in [4.69, 9.17) is 9.05 Å². The number of hydrogen-bond donors (Lipinski definition) is 2. The summed E-state index contributed by atoms with van der Waals surface area (Å²) in [7, 11) is 0. The summed E-state index contributed by atoms with van der Waals surface area (Å²) in [6.45, 7) is 0. The van der Waals surface area contributed by atoms with E-state index in [9.17, 15) is 4.79 Å². The summed E-state index contributed by atoms with van der Waals surface area (Å²) < 4.78 is 6.42. The van der Waals surface area contributed by atoms with Gasteiger partial charge in [0.05, 0.1) is 0 Å². The van der Waals surface area contributed by atoms with Crippen LogP contribution in [0.5, 0.6) is 0 Å². The third-order valence-electron chi connectivity index (χ3n) is 1.42. The molecule has 13 heavy (non-hydrogen) atoms. The second kappa shape index (κ2) is 5.11. The van der Waals surface area contributed by atoms with Gasteiger partial charge in [0.2, 0.25) is 0 Å². The Morgan fingerprint density at radius 3 is 2.46 bits per heavy atom. The van der Waals surface area contributed by atoms with Crippen LogP contribution >= 0.6 is 42.7 Å². The Kier molecular flexibility index (Phi) is 4.39. The zero-order valence-corrected chi connectivity index (χ0v) is 11.0. The van der Waals surface area contributed by atoms with Crippen molar-refractivity contribution in [1.29, 1.82) is 0 Å². The molecule has 0 aliphatic carbocycles. The van der Waals surface area contributed by atoms with Gasteiger partial charge in [-0.05, 0) is 0 Å². The fraction of sp³-hybridized carbons (Fsp3) is 0.125. The first kappa shape index (κ1) is 11.2. The van der Waals surface area contributed by atoms with E-state index >= 15 is 0 Å². The summed E-state index contributed by atoms with van der Waals surface area (Å²) in [5.41, 5.74) is 1.02. The monoisotopic (exact) mass is 405 g/mol. The van der Waals surface area contributed by atoms with Gasteiger partial charge in [0.25, 0.3) is 0 Å². The average Bonchev–Trinajstić information content (AvgIpc) is 2.08. The van der Waals surface area contributed by atoms with E-state index in [1.165, 1.54) is 0 Å². The number of hydrogen-bond acceptors (Lipinski definition) is 2. The van der Waals surface area contributed by atoms with Crippen LogP contribution in [-0.4, -0.2) is 9.08 Å².